The third kappa shape index (κ3) is 4.21. The third-order valence-electron chi connectivity index (χ3n) is 7.25. The number of amides is 2. The molecule has 5 rings (SSSR count). The van der Waals surface area contributed by atoms with Crippen LogP contribution in [0.2, 0.25) is 0 Å². The molecule has 1 aromatic carbocycles. The van der Waals surface area contributed by atoms with Crippen molar-refractivity contribution in [3.63, 3.8) is 0 Å². The average molecular weight is 464 g/mol. The monoisotopic (exact) mass is 463 g/mol. The van der Waals surface area contributed by atoms with Gasteiger partial charge < -0.3 is 20.7 Å². The van der Waals surface area contributed by atoms with Crippen LogP contribution in [0.3, 0.4) is 0 Å². The molecule has 2 atom stereocenters. The van der Waals surface area contributed by atoms with Crippen molar-refractivity contribution in [1.82, 2.24) is 29.7 Å². The number of piperazine rings is 1. The lowest BCUT2D eigenvalue weighted by Gasteiger charge is -2.42. The Labute approximate surface area is 199 Å². The van der Waals surface area contributed by atoms with Crippen LogP contribution in [0.1, 0.15) is 55.8 Å². The van der Waals surface area contributed by atoms with E-state index in [1.807, 2.05) is 36.5 Å². The van der Waals surface area contributed by atoms with Crippen LogP contribution < -0.4 is 15.8 Å². The van der Waals surface area contributed by atoms with Crippen LogP contribution in [0.25, 0.3) is 5.65 Å². The highest BCUT2D eigenvalue weighted by Crippen LogP contribution is 2.39. The number of ether oxygens (including phenoxy) is 1. The standard InChI is InChI=1S/C25H33N7O2/c1-25(2,31-14-12-30(3)13-15-31)23-29-28-22-11-8-17(16-32(22)23)34-21-10-9-20(27-24(26)33)18-6-4-5-7-19(18)21/h4-8,11,16,20-21H,9-10,12-15H2,1-3H3,(H3,26,27,33)/t20-,21+/m0/s1. The van der Waals surface area contributed by atoms with Crippen molar-refractivity contribution in [2.24, 2.45) is 5.73 Å². The summed E-state index contributed by atoms with van der Waals surface area (Å²) >= 11 is 0. The van der Waals surface area contributed by atoms with Crippen molar-refractivity contribution in [2.45, 2.75) is 44.4 Å². The summed E-state index contributed by atoms with van der Waals surface area (Å²) in [7, 11) is 2.16. The number of aromatic nitrogens is 3. The Hall–Kier alpha value is -3.17. The van der Waals surface area contributed by atoms with E-state index in [4.69, 9.17) is 10.5 Å². The lowest BCUT2D eigenvalue weighted by atomic mass is 9.85. The smallest absolute Gasteiger partial charge is 0.312 e. The van der Waals surface area contributed by atoms with Crippen LogP contribution in [0.5, 0.6) is 5.75 Å². The lowest BCUT2D eigenvalue weighted by Crippen LogP contribution is -2.52. The summed E-state index contributed by atoms with van der Waals surface area (Å²) in [5, 5.41) is 11.9. The zero-order valence-electron chi connectivity index (χ0n) is 20.1. The van der Waals surface area contributed by atoms with Gasteiger partial charge in [-0.05, 0) is 57.0 Å². The van der Waals surface area contributed by atoms with Crippen LogP contribution in [0.4, 0.5) is 4.79 Å². The molecule has 2 aliphatic rings. The second-order valence-corrected chi connectivity index (χ2v) is 9.84. The number of nitrogens with zero attached hydrogens (tertiary/aromatic N) is 5. The van der Waals surface area contributed by atoms with Gasteiger partial charge in [0.2, 0.25) is 0 Å². The Kier molecular flexibility index (Phi) is 5.91. The van der Waals surface area contributed by atoms with Crippen LogP contribution in [-0.4, -0.2) is 63.7 Å². The van der Waals surface area contributed by atoms with Crippen molar-refractivity contribution in [3.8, 4) is 5.75 Å². The number of primary amides is 1. The minimum absolute atomic E-state index is 0.0927. The van der Waals surface area contributed by atoms with Gasteiger partial charge in [-0.2, -0.15) is 0 Å². The predicted octanol–water partition coefficient (Wildman–Crippen LogP) is 2.84. The largest absolute Gasteiger partial charge is 0.484 e. The maximum absolute atomic E-state index is 11.5. The molecule has 1 aliphatic heterocycles. The molecule has 1 fully saturated rings. The summed E-state index contributed by atoms with van der Waals surface area (Å²) < 4.78 is 8.55. The molecular formula is C25H33N7O2. The summed E-state index contributed by atoms with van der Waals surface area (Å²) in [5.74, 6) is 1.68. The van der Waals surface area contributed by atoms with E-state index in [-0.39, 0.29) is 17.7 Å². The first-order valence-corrected chi connectivity index (χ1v) is 11.9. The number of pyridine rings is 1. The van der Waals surface area contributed by atoms with Gasteiger partial charge in [0.15, 0.2) is 11.5 Å². The molecule has 2 aromatic heterocycles. The SMILES string of the molecule is CN1CCN(C(C)(C)c2nnc3ccc(O[C@@H]4CC[C@H](NC(N)=O)c5ccccc54)cn23)CC1. The summed E-state index contributed by atoms with van der Waals surface area (Å²) in [6, 6.07) is 11.4. The van der Waals surface area contributed by atoms with Crippen molar-refractivity contribution >= 4 is 11.7 Å². The van der Waals surface area contributed by atoms with Gasteiger partial charge in [0.05, 0.1) is 17.8 Å². The zero-order chi connectivity index (χ0) is 23.9. The summed E-state index contributed by atoms with van der Waals surface area (Å²) in [6.45, 7) is 8.50. The number of hydrogen-bond acceptors (Lipinski definition) is 6. The quantitative estimate of drug-likeness (QED) is 0.603. The van der Waals surface area contributed by atoms with Gasteiger partial charge in [0.25, 0.3) is 0 Å². The molecule has 1 saturated heterocycles. The molecule has 0 unspecified atom stereocenters. The molecule has 1 aliphatic carbocycles. The highest BCUT2D eigenvalue weighted by molar-refractivity contribution is 5.72. The third-order valence-corrected chi connectivity index (χ3v) is 7.25. The van der Waals surface area contributed by atoms with Crippen LogP contribution in [-0.2, 0) is 5.54 Å². The average Bonchev–Trinajstić information content (AvgIpc) is 3.25. The number of nitrogens with two attached hydrogens (primary N) is 1. The number of rotatable bonds is 5. The molecule has 9 heteroatoms. The molecule has 0 bridgehead atoms. The predicted molar refractivity (Wildman–Crippen MR) is 130 cm³/mol. The van der Waals surface area contributed by atoms with Crippen molar-refractivity contribution < 1.29 is 9.53 Å². The van der Waals surface area contributed by atoms with Crippen molar-refractivity contribution in [3.05, 3.63) is 59.5 Å². The molecule has 34 heavy (non-hydrogen) atoms. The Morgan fingerprint density at radius 3 is 2.53 bits per heavy atom. The summed E-state index contributed by atoms with van der Waals surface area (Å²) in [4.78, 5) is 16.3. The maximum atomic E-state index is 11.5. The summed E-state index contributed by atoms with van der Waals surface area (Å²) in [5.41, 5.74) is 8.07. The number of hydrogen-bond donors (Lipinski definition) is 2. The van der Waals surface area contributed by atoms with Gasteiger partial charge in [-0.15, -0.1) is 10.2 Å². The molecule has 2 amide bonds. The van der Waals surface area contributed by atoms with Gasteiger partial charge in [0, 0.05) is 26.2 Å². The van der Waals surface area contributed by atoms with Gasteiger partial charge in [-0.25, -0.2) is 4.79 Å². The molecule has 0 saturated carbocycles. The molecule has 180 valence electrons. The van der Waals surface area contributed by atoms with Crippen LogP contribution >= 0.6 is 0 Å². The van der Waals surface area contributed by atoms with Crippen LogP contribution in [0.15, 0.2) is 42.6 Å². The Morgan fingerprint density at radius 1 is 1.06 bits per heavy atom. The van der Waals surface area contributed by atoms with Crippen molar-refractivity contribution in [1.29, 1.82) is 0 Å². The normalized spacial score (nSPS) is 21.9. The first kappa shape index (κ1) is 22.6. The molecule has 9 nitrogen and oxygen atoms in total. The van der Waals surface area contributed by atoms with E-state index in [1.165, 1.54) is 0 Å². The molecule has 3 heterocycles. The fourth-order valence-corrected chi connectivity index (χ4v) is 5.22. The number of carbonyl (C=O) groups is 1. The first-order chi connectivity index (χ1) is 16.3. The van der Waals surface area contributed by atoms with E-state index in [1.54, 1.807) is 0 Å². The zero-order valence-corrected chi connectivity index (χ0v) is 20.1. The van der Waals surface area contributed by atoms with Gasteiger partial charge >= 0.3 is 6.03 Å². The topological polar surface area (TPSA) is 101 Å². The first-order valence-electron chi connectivity index (χ1n) is 11.9. The van der Waals surface area contributed by atoms with E-state index in [2.05, 4.69) is 56.7 Å². The van der Waals surface area contributed by atoms with E-state index in [0.29, 0.717) is 0 Å². The number of benzene rings is 1. The van der Waals surface area contributed by atoms with E-state index in [9.17, 15) is 4.79 Å². The highest BCUT2D eigenvalue weighted by Gasteiger charge is 2.35. The fourth-order valence-electron chi connectivity index (χ4n) is 5.22. The van der Waals surface area contributed by atoms with Crippen LogP contribution in [0, 0.1) is 0 Å². The Morgan fingerprint density at radius 2 is 1.79 bits per heavy atom. The number of carbonyl (C=O) groups excluding carboxylic acids is 1. The Balaban J connectivity index is 1.42. The Bertz CT molecular complexity index is 1180. The number of likely N-dealkylation sites (N-methyl/N-ethyl adjacent to an activating group) is 1. The second-order valence-electron chi connectivity index (χ2n) is 9.84. The number of nitrogens with one attached hydrogen (secondary N) is 1. The molecular weight excluding hydrogens is 430 g/mol. The summed E-state index contributed by atoms with van der Waals surface area (Å²) in [6.07, 6.45) is 3.44. The molecule has 0 radical (unpaired) electrons. The van der Waals surface area contributed by atoms with Gasteiger partial charge in [-0.1, -0.05) is 24.3 Å². The highest BCUT2D eigenvalue weighted by atomic mass is 16.5. The molecule has 3 aromatic rings. The van der Waals surface area contributed by atoms with Gasteiger partial charge in [-0.3, -0.25) is 9.30 Å². The maximum Gasteiger partial charge on any atom is 0.312 e. The van der Waals surface area contributed by atoms with E-state index in [0.717, 1.165) is 67.4 Å². The molecule has 0 spiro atoms. The number of urea groups is 1. The van der Waals surface area contributed by atoms with Crippen molar-refractivity contribution in [2.75, 3.05) is 33.2 Å². The van der Waals surface area contributed by atoms with E-state index < -0.39 is 6.03 Å². The van der Waals surface area contributed by atoms with E-state index >= 15 is 0 Å². The molecule has 3 N–H and O–H groups in total. The number of fused-ring (bicyclic) bond motifs is 2. The fraction of sp³-hybridized carbons (Fsp3) is 0.480. The van der Waals surface area contributed by atoms with Gasteiger partial charge in [0.1, 0.15) is 11.9 Å². The minimum Gasteiger partial charge on any atom is -0.484 e. The second kappa shape index (κ2) is 8.88. The lowest BCUT2D eigenvalue weighted by molar-refractivity contribution is 0.0544. The minimum atomic E-state index is -0.507.